The van der Waals surface area contributed by atoms with Crippen LogP contribution in [0.15, 0.2) is 54.6 Å². The lowest BCUT2D eigenvalue weighted by Crippen LogP contribution is -1.99. The summed E-state index contributed by atoms with van der Waals surface area (Å²) < 4.78 is 13.4. The second kappa shape index (κ2) is 7.65. The van der Waals surface area contributed by atoms with Crippen molar-refractivity contribution in [3.8, 4) is 22.4 Å². The Morgan fingerprint density at radius 1 is 0.929 bits per heavy atom. The van der Waals surface area contributed by atoms with Crippen LogP contribution in [0.4, 0.5) is 4.39 Å². The van der Waals surface area contributed by atoms with Gasteiger partial charge in [-0.25, -0.2) is 9.37 Å². The van der Waals surface area contributed by atoms with Gasteiger partial charge in [-0.1, -0.05) is 29.8 Å². The van der Waals surface area contributed by atoms with E-state index in [1.54, 1.807) is 0 Å². The Bertz CT molecular complexity index is 1150. The van der Waals surface area contributed by atoms with Crippen LogP contribution in [0.2, 0.25) is 0 Å². The molecule has 0 fully saturated rings. The van der Waals surface area contributed by atoms with Gasteiger partial charge in [-0.2, -0.15) is 0 Å². The molecule has 0 bridgehead atoms. The lowest BCUT2D eigenvalue weighted by Gasteiger charge is -2.13. The maximum absolute atomic E-state index is 13.4. The summed E-state index contributed by atoms with van der Waals surface area (Å²) in [5, 5.41) is 1.33. The fourth-order valence-corrected chi connectivity index (χ4v) is 5.35. The summed E-state index contributed by atoms with van der Waals surface area (Å²) in [7, 11) is 0. The Balaban J connectivity index is 0.00000192. The van der Waals surface area contributed by atoms with Crippen LogP contribution in [0.25, 0.3) is 32.6 Å². The molecule has 5 rings (SSSR count). The zero-order chi connectivity index (χ0) is 18.4. The third-order valence-electron chi connectivity index (χ3n) is 5.39. The normalized spacial score (nSPS) is 13.2. The first-order valence-electron chi connectivity index (χ1n) is 9.47. The fraction of sp³-hybridized carbons (Fsp3) is 0.208. The van der Waals surface area contributed by atoms with Crippen molar-refractivity contribution in [2.45, 2.75) is 32.6 Å². The van der Waals surface area contributed by atoms with Crippen LogP contribution in [0.5, 0.6) is 0 Å². The SMILES string of the molecule is Cc1cccc(-c2cc(-c3ccc(F)cc3)nc3sc4c(c23)CCCC4)c1.Cl. The summed E-state index contributed by atoms with van der Waals surface area (Å²) in [6, 6.07) is 17.5. The number of hydrogen-bond donors (Lipinski definition) is 0. The first-order chi connectivity index (χ1) is 13.2. The molecule has 0 radical (unpaired) electrons. The van der Waals surface area contributed by atoms with Crippen molar-refractivity contribution in [2.75, 3.05) is 0 Å². The van der Waals surface area contributed by atoms with Gasteiger partial charge in [0.25, 0.3) is 0 Å². The van der Waals surface area contributed by atoms with Gasteiger partial charge in [0.1, 0.15) is 10.6 Å². The van der Waals surface area contributed by atoms with E-state index in [9.17, 15) is 4.39 Å². The number of aryl methyl sites for hydroxylation is 3. The van der Waals surface area contributed by atoms with E-state index in [2.05, 4.69) is 37.3 Å². The van der Waals surface area contributed by atoms with Crippen LogP contribution in [-0.2, 0) is 12.8 Å². The number of pyridine rings is 1. The second-order valence-electron chi connectivity index (χ2n) is 7.32. The van der Waals surface area contributed by atoms with Crippen molar-refractivity contribution >= 4 is 34.0 Å². The lowest BCUT2D eigenvalue weighted by atomic mass is 9.91. The van der Waals surface area contributed by atoms with Gasteiger partial charge in [0.2, 0.25) is 0 Å². The highest BCUT2D eigenvalue weighted by molar-refractivity contribution is 7.19. The largest absolute Gasteiger partial charge is 0.237 e. The maximum atomic E-state index is 13.4. The van der Waals surface area contributed by atoms with E-state index < -0.39 is 0 Å². The molecule has 0 aliphatic heterocycles. The summed E-state index contributed by atoms with van der Waals surface area (Å²) in [5.41, 5.74) is 7.11. The van der Waals surface area contributed by atoms with Crippen molar-refractivity contribution in [1.82, 2.24) is 4.98 Å². The number of rotatable bonds is 2. The number of fused-ring (bicyclic) bond motifs is 3. The van der Waals surface area contributed by atoms with Crippen molar-refractivity contribution < 1.29 is 4.39 Å². The molecule has 1 aliphatic rings. The van der Waals surface area contributed by atoms with Crippen LogP contribution in [0, 0.1) is 12.7 Å². The molecule has 0 spiro atoms. The van der Waals surface area contributed by atoms with E-state index in [1.165, 1.54) is 57.5 Å². The minimum atomic E-state index is -0.217. The van der Waals surface area contributed by atoms with Crippen LogP contribution in [-0.4, -0.2) is 4.98 Å². The van der Waals surface area contributed by atoms with E-state index in [0.29, 0.717) is 0 Å². The Labute approximate surface area is 174 Å². The predicted molar refractivity (Wildman–Crippen MR) is 119 cm³/mol. The Morgan fingerprint density at radius 2 is 1.71 bits per heavy atom. The maximum Gasteiger partial charge on any atom is 0.125 e. The molecule has 0 atom stereocenters. The highest BCUT2D eigenvalue weighted by Gasteiger charge is 2.21. The zero-order valence-electron chi connectivity index (χ0n) is 15.7. The van der Waals surface area contributed by atoms with E-state index >= 15 is 0 Å². The molecule has 142 valence electrons. The number of nitrogens with zero attached hydrogens (tertiary/aromatic N) is 1. The number of aromatic nitrogens is 1. The van der Waals surface area contributed by atoms with Gasteiger partial charge in [-0.15, -0.1) is 23.7 Å². The molecule has 1 nitrogen and oxygen atoms in total. The Kier molecular flexibility index (Phi) is 5.22. The van der Waals surface area contributed by atoms with Gasteiger partial charge in [0.05, 0.1) is 5.69 Å². The number of benzene rings is 2. The highest BCUT2D eigenvalue weighted by atomic mass is 35.5. The minimum Gasteiger partial charge on any atom is -0.237 e. The topological polar surface area (TPSA) is 12.9 Å². The quantitative estimate of drug-likeness (QED) is 0.336. The molecular weight excluding hydrogens is 389 g/mol. The standard InChI is InChI=1S/C24H20FNS.ClH/c1-15-5-4-6-17(13-15)20-14-21(16-9-11-18(25)12-10-16)26-24-23(20)19-7-2-3-8-22(19)27-24;/h4-6,9-14H,2-3,7-8H2,1H3;1H. The summed E-state index contributed by atoms with van der Waals surface area (Å²) in [6.07, 6.45) is 4.83. The molecule has 2 aromatic heterocycles. The summed E-state index contributed by atoms with van der Waals surface area (Å²) in [5.74, 6) is -0.217. The summed E-state index contributed by atoms with van der Waals surface area (Å²) in [4.78, 5) is 7.59. The molecular formula is C24H21ClFNS. The summed E-state index contributed by atoms with van der Waals surface area (Å²) >= 11 is 1.84. The molecule has 0 N–H and O–H groups in total. The van der Waals surface area contributed by atoms with Gasteiger partial charge in [0.15, 0.2) is 0 Å². The van der Waals surface area contributed by atoms with Crippen molar-refractivity contribution in [2.24, 2.45) is 0 Å². The monoisotopic (exact) mass is 409 g/mol. The average molecular weight is 410 g/mol. The number of halogens is 2. The number of thiophene rings is 1. The van der Waals surface area contributed by atoms with Crippen molar-refractivity contribution in [3.05, 3.63) is 76.4 Å². The third-order valence-corrected chi connectivity index (χ3v) is 6.58. The van der Waals surface area contributed by atoms with Gasteiger partial charge < -0.3 is 0 Å². The molecule has 2 heterocycles. The molecule has 4 heteroatoms. The van der Waals surface area contributed by atoms with E-state index in [4.69, 9.17) is 4.98 Å². The van der Waals surface area contributed by atoms with E-state index in [0.717, 1.165) is 28.9 Å². The summed E-state index contributed by atoms with van der Waals surface area (Å²) in [6.45, 7) is 2.13. The third kappa shape index (κ3) is 3.34. The Morgan fingerprint density at radius 3 is 2.50 bits per heavy atom. The lowest BCUT2D eigenvalue weighted by molar-refractivity contribution is 0.628. The van der Waals surface area contributed by atoms with Gasteiger partial charge in [-0.3, -0.25) is 0 Å². The Hall–Kier alpha value is -2.23. The van der Waals surface area contributed by atoms with Gasteiger partial charge >= 0.3 is 0 Å². The molecule has 0 unspecified atom stereocenters. The average Bonchev–Trinajstić information content (AvgIpc) is 3.06. The molecule has 0 saturated carbocycles. The van der Waals surface area contributed by atoms with Crippen LogP contribution in [0.1, 0.15) is 28.8 Å². The molecule has 2 aromatic carbocycles. The molecule has 4 aromatic rings. The number of hydrogen-bond acceptors (Lipinski definition) is 2. The molecule has 0 amide bonds. The van der Waals surface area contributed by atoms with Crippen LogP contribution >= 0.6 is 23.7 Å². The van der Waals surface area contributed by atoms with Crippen LogP contribution in [0.3, 0.4) is 0 Å². The van der Waals surface area contributed by atoms with Gasteiger partial charge in [-0.05, 0) is 79.6 Å². The first kappa shape index (κ1) is 19.1. The second-order valence-corrected chi connectivity index (χ2v) is 8.41. The van der Waals surface area contributed by atoms with Crippen LogP contribution < -0.4 is 0 Å². The van der Waals surface area contributed by atoms with E-state index in [1.807, 2.05) is 23.5 Å². The molecule has 1 aliphatic carbocycles. The van der Waals surface area contributed by atoms with Gasteiger partial charge in [0, 0.05) is 15.8 Å². The van der Waals surface area contributed by atoms with Crippen molar-refractivity contribution in [3.63, 3.8) is 0 Å². The molecule has 0 saturated heterocycles. The fourth-order valence-electron chi connectivity index (χ4n) is 4.07. The minimum absolute atomic E-state index is 0. The smallest absolute Gasteiger partial charge is 0.125 e. The zero-order valence-corrected chi connectivity index (χ0v) is 17.3. The predicted octanol–water partition coefficient (Wildman–Crippen LogP) is 7.38. The molecule has 28 heavy (non-hydrogen) atoms. The van der Waals surface area contributed by atoms with Crippen molar-refractivity contribution in [1.29, 1.82) is 0 Å². The van der Waals surface area contributed by atoms with E-state index in [-0.39, 0.29) is 18.2 Å². The first-order valence-corrected chi connectivity index (χ1v) is 10.3. The highest BCUT2D eigenvalue weighted by Crippen LogP contribution is 2.42.